The number of carbonyl (C=O) groups excluding carboxylic acids is 1. The second-order valence-electron chi connectivity index (χ2n) is 6.74. The van der Waals surface area contributed by atoms with Gasteiger partial charge in [0.2, 0.25) is 11.9 Å². The maximum Gasteiger partial charge on any atom is 0.238 e. The number of amides is 1. The van der Waals surface area contributed by atoms with Crippen molar-refractivity contribution >= 4 is 34.0 Å². The van der Waals surface area contributed by atoms with Crippen LogP contribution >= 0.6 is 0 Å². The molecule has 4 rings (SSSR count). The summed E-state index contributed by atoms with van der Waals surface area (Å²) in [5.74, 6) is -1.82. The van der Waals surface area contributed by atoms with Crippen molar-refractivity contribution in [2.24, 2.45) is 13.0 Å². The number of nitrogens with one attached hydrogen (secondary N) is 1. The number of carbonyl (C=O) groups is 1. The van der Waals surface area contributed by atoms with Gasteiger partial charge in [0.05, 0.1) is 29.1 Å². The van der Waals surface area contributed by atoms with E-state index in [1.807, 2.05) is 0 Å². The smallest absolute Gasteiger partial charge is 0.238 e. The molecule has 0 saturated heterocycles. The number of rotatable bonds is 4. The van der Waals surface area contributed by atoms with Crippen molar-refractivity contribution in [1.82, 2.24) is 14.5 Å². The Balaban J connectivity index is 1.75. The number of pyridine rings is 1. The van der Waals surface area contributed by atoms with Crippen LogP contribution in [0.1, 0.15) is 12.1 Å². The summed E-state index contributed by atoms with van der Waals surface area (Å²) in [4.78, 5) is 21.7. The van der Waals surface area contributed by atoms with Crippen molar-refractivity contribution in [3.8, 4) is 6.07 Å². The minimum atomic E-state index is -1.11. The molecule has 2 atom stereocenters. The van der Waals surface area contributed by atoms with Crippen molar-refractivity contribution in [3.63, 3.8) is 0 Å². The molecule has 1 aliphatic rings. The van der Waals surface area contributed by atoms with Gasteiger partial charge < -0.3 is 14.8 Å². The molecule has 0 bridgehead atoms. The number of fused-ring (bicyclic) bond motifs is 1. The van der Waals surface area contributed by atoms with Crippen LogP contribution in [-0.4, -0.2) is 33.7 Å². The first-order valence-corrected chi connectivity index (χ1v) is 8.59. The van der Waals surface area contributed by atoms with E-state index in [2.05, 4.69) is 15.3 Å². The molecule has 1 fully saturated rings. The summed E-state index contributed by atoms with van der Waals surface area (Å²) in [7, 11) is 3.45. The standard InChI is InChI=1S/C19H16F2N6O/c1-26-9-23-17-14(25-19(28)12-7-13(12)20)5-11(6-16(17)26)27(2)15-4-3-10(8-22)24-18(15)21/h3-6,9,12-13H,7H2,1-2H3,(H,25,28). The molecule has 1 N–H and O–H groups in total. The molecule has 2 unspecified atom stereocenters. The maximum absolute atomic E-state index is 14.3. The monoisotopic (exact) mass is 382 g/mol. The van der Waals surface area contributed by atoms with E-state index in [-0.39, 0.29) is 17.8 Å². The summed E-state index contributed by atoms with van der Waals surface area (Å²) in [5.41, 5.74) is 2.42. The van der Waals surface area contributed by atoms with Crippen LogP contribution in [0.15, 0.2) is 30.6 Å². The molecule has 2 heterocycles. The highest BCUT2D eigenvalue weighted by Crippen LogP contribution is 2.37. The van der Waals surface area contributed by atoms with Gasteiger partial charge >= 0.3 is 0 Å². The van der Waals surface area contributed by atoms with E-state index in [4.69, 9.17) is 5.26 Å². The van der Waals surface area contributed by atoms with Crippen LogP contribution in [-0.2, 0) is 11.8 Å². The molecule has 28 heavy (non-hydrogen) atoms. The van der Waals surface area contributed by atoms with Crippen LogP contribution in [0.25, 0.3) is 11.0 Å². The Labute approximate surface area is 159 Å². The van der Waals surface area contributed by atoms with E-state index in [0.717, 1.165) is 0 Å². The van der Waals surface area contributed by atoms with Crippen LogP contribution in [0.4, 0.5) is 25.8 Å². The zero-order valence-corrected chi connectivity index (χ0v) is 15.1. The molecule has 1 aromatic carbocycles. The lowest BCUT2D eigenvalue weighted by atomic mass is 10.2. The molecule has 1 aliphatic carbocycles. The summed E-state index contributed by atoms with van der Waals surface area (Å²) < 4.78 is 29.3. The first kappa shape index (κ1) is 17.9. The van der Waals surface area contributed by atoms with E-state index < -0.39 is 23.9 Å². The van der Waals surface area contributed by atoms with Crippen molar-refractivity contribution in [2.45, 2.75) is 12.6 Å². The van der Waals surface area contributed by atoms with Crippen molar-refractivity contribution < 1.29 is 13.6 Å². The normalized spacial score (nSPS) is 18.0. The lowest BCUT2D eigenvalue weighted by molar-refractivity contribution is -0.117. The minimum absolute atomic E-state index is 0.0186. The predicted molar refractivity (Wildman–Crippen MR) is 99.3 cm³/mol. The predicted octanol–water partition coefficient (Wildman–Crippen LogP) is 3.04. The number of anilines is 3. The molecule has 3 aromatic rings. The van der Waals surface area contributed by atoms with E-state index in [9.17, 15) is 13.6 Å². The summed E-state index contributed by atoms with van der Waals surface area (Å²) in [6, 6.07) is 8.13. The highest BCUT2D eigenvalue weighted by Gasteiger charge is 2.43. The first-order valence-electron chi connectivity index (χ1n) is 8.59. The quantitative estimate of drug-likeness (QED) is 0.701. The number of aryl methyl sites for hydroxylation is 1. The average Bonchev–Trinajstić information content (AvgIpc) is 3.30. The topological polar surface area (TPSA) is 86.8 Å². The molecule has 0 aliphatic heterocycles. The van der Waals surface area contributed by atoms with Crippen LogP contribution in [0.2, 0.25) is 0 Å². The van der Waals surface area contributed by atoms with Gasteiger partial charge in [0.25, 0.3) is 0 Å². The maximum atomic E-state index is 14.3. The number of aromatic nitrogens is 3. The fourth-order valence-electron chi connectivity index (χ4n) is 3.04. The van der Waals surface area contributed by atoms with Crippen LogP contribution < -0.4 is 10.2 Å². The van der Waals surface area contributed by atoms with Gasteiger partial charge in [-0.3, -0.25) is 4.79 Å². The van der Waals surface area contributed by atoms with Gasteiger partial charge in [0, 0.05) is 19.8 Å². The van der Waals surface area contributed by atoms with Gasteiger partial charge in [-0.05, 0) is 30.7 Å². The largest absolute Gasteiger partial charge is 0.341 e. The van der Waals surface area contributed by atoms with Crippen LogP contribution in [0.5, 0.6) is 0 Å². The van der Waals surface area contributed by atoms with Crippen LogP contribution in [0.3, 0.4) is 0 Å². The van der Waals surface area contributed by atoms with E-state index in [1.54, 1.807) is 48.1 Å². The lowest BCUT2D eigenvalue weighted by Crippen LogP contribution is -2.17. The van der Waals surface area contributed by atoms with E-state index in [1.165, 1.54) is 12.1 Å². The van der Waals surface area contributed by atoms with Crippen molar-refractivity contribution in [2.75, 3.05) is 17.3 Å². The molecular weight excluding hydrogens is 366 g/mol. The molecule has 0 spiro atoms. The number of halogens is 2. The van der Waals surface area contributed by atoms with Gasteiger partial charge in [-0.25, -0.2) is 14.4 Å². The zero-order chi connectivity index (χ0) is 20.0. The summed E-state index contributed by atoms with van der Waals surface area (Å²) >= 11 is 0. The SMILES string of the molecule is CN(c1cc(NC(=O)C2CC2F)c2ncn(C)c2c1)c1ccc(C#N)nc1F. The third kappa shape index (κ3) is 3.03. The Morgan fingerprint density at radius 1 is 1.43 bits per heavy atom. The fraction of sp³-hybridized carbons (Fsp3) is 0.263. The number of hydrogen-bond donors (Lipinski definition) is 1. The summed E-state index contributed by atoms with van der Waals surface area (Å²) in [6.07, 6.45) is 0.714. The van der Waals surface area contributed by atoms with Gasteiger partial charge in [-0.1, -0.05) is 0 Å². The Morgan fingerprint density at radius 3 is 2.82 bits per heavy atom. The van der Waals surface area contributed by atoms with Gasteiger partial charge in [0.15, 0.2) is 0 Å². The fourth-order valence-corrected chi connectivity index (χ4v) is 3.04. The summed E-state index contributed by atoms with van der Waals surface area (Å²) in [6.45, 7) is 0. The highest BCUT2D eigenvalue weighted by molar-refractivity contribution is 6.03. The Morgan fingerprint density at radius 2 is 2.18 bits per heavy atom. The van der Waals surface area contributed by atoms with Crippen molar-refractivity contribution in [1.29, 1.82) is 5.26 Å². The third-order valence-corrected chi connectivity index (χ3v) is 4.81. The molecule has 142 valence electrons. The Hall–Kier alpha value is -3.54. The third-order valence-electron chi connectivity index (χ3n) is 4.81. The number of nitrogens with zero attached hydrogens (tertiary/aromatic N) is 5. The highest BCUT2D eigenvalue weighted by atomic mass is 19.1. The summed E-state index contributed by atoms with van der Waals surface area (Å²) in [5, 5.41) is 11.6. The number of nitriles is 1. The van der Waals surface area contributed by atoms with E-state index >= 15 is 0 Å². The first-order chi connectivity index (χ1) is 13.4. The second kappa shape index (κ2) is 6.56. The molecule has 9 heteroatoms. The van der Waals surface area contributed by atoms with Crippen molar-refractivity contribution in [3.05, 3.63) is 42.2 Å². The lowest BCUT2D eigenvalue weighted by Gasteiger charge is -2.21. The number of alkyl halides is 1. The number of hydrogen-bond acceptors (Lipinski definition) is 5. The Bertz CT molecular complexity index is 1140. The average molecular weight is 382 g/mol. The molecule has 0 radical (unpaired) electrons. The molecular formula is C19H16F2N6O. The van der Waals surface area contributed by atoms with Gasteiger partial charge in [-0.2, -0.15) is 9.65 Å². The number of imidazole rings is 1. The van der Waals surface area contributed by atoms with Gasteiger partial charge in [0.1, 0.15) is 23.5 Å². The Kier molecular flexibility index (Phi) is 4.19. The second-order valence-corrected chi connectivity index (χ2v) is 6.74. The molecule has 2 aromatic heterocycles. The molecule has 1 amide bonds. The van der Waals surface area contributed by atoms with Crippen LogP contribution in [0, 0.1) is 23.2 Å². The molecule has 1 saturated carbocycles. The van der Waals surface area contributed by atoms with Gasteiger partial charge in [-0.15, -0.1) is 0 Å². The molecule has 7 nitrogen and oxygen atoms in total. The zero-order valence-electron chi connectivity index (χ0n) is 15.1. The number of benzene rings is 1. The minimum Gasteiger partial charge on any atom is -0.341 e. The van der Waals surface area contributed by atoms with E-state index in [0.29, 0.717) is 22.4 Å².